The molecule has 0 amide bonds. The van der Waals surface area contributed by atoms with Gasteiger partial charge in [0.25, 0.3) is 0 Å². The molecule has 0 bridgehead atoms. The molecule has 35 heavy (non-hydrogen) atoms. The third-order valence-electron chi connectivity index (χ3n) is 7.73. The van der Waals surface area contributed by atoms with Crippen LogP contribution in [0, 0.1) is 13.8 Å². The standard InChI is InChI=1S/C27H32N2O6/c1-16-18(4-6-20-22(16)14-34-26(20)31)24(30)12-28-8-10-29(11-9-28)13-25(33-3)19-5-7-21-23(17(19)2)15-35-27(21)32/h4-7,24-25,30H,8-15H2,1-3H3. The highest BCUT2D eigenvalue weighted by molar-refractivity contribution is 5.94. The second-order valence-corrected chi connectivity index (χ2v) is 9.61. The second kappa shape index (κ2) is 9.70. The number of β-amino-alcohol motifs (C(OH)–C–C–N with tert-alkyl or cyclic N) is 1. The van der Waals surface area contributed by atoms with Crippen molar-refractivity contribution < 1.29 is 28.9 Å². The van der Waals surface area contributed by atoms with Gasteiger partial charge in [0.1, 0.15) is 13.2 Å². The molecule has 1 N–H and O–H groups in total. The lowest BCUT2D eigenvalue weighted by Crippen LogP contribution is -2.48. The summed E-state index contributed by atoms with van der Waals surface area (Å²) < 4.78 is 16.2. The molecule has 0 saturated carbocycles. The summed E-state index contributed by atoms with van der Waals surface area (Å²) in [6.07, 6.45) is -0.708. The highest BCUT2D eigenvalue weighted by Gasteiger charge is 2.29. The summed E-state index contributed by atoms with van der Waals surface area (Å²) in [4.78, 5) is 28.3. The van der Waals surface area contributed by atoms with Crippen molar-refractivity contribution in [2.75, 3.05) is 46.4 Å². The first kappa shape index (κ1) is 23.9. The fraction of sp³-hybridized carbons (Fsp3) is 0.481. The van der Waals surface area contributed by atoms with Crippen LogP contribution in [0.4, 0.5) is 0 Å². The number of hydrogen-bond acceptors (Lipinski definition) is 8. The third-order valence-corrected chi connectivity index (χ3v) is 7.73. The minimum atomic E-state index is -0.617. The monoisotopic (exact) mass is 480 g/mol. The van der Waals surface area contributed by atoms with Gasteiger partial charge in [-0.2, -0.15) is 0 Å². The maximum Gasteiger partial charge on any atom is 0.338 e. The topological polar surface area (TPSA) is 88.5 Å². The van der Waals surface area contributed by atoms with Crippen molar-refractivity contribution in [2.45, 2.75) is 39.3 Å². The molecule has 3 heterocycles. The predicted octanol–water partition coefficient (Wildman–Crippen LogP) is 2.68. The lowest BCUT2D eigenvalue weighted by atomic mass is 9.94. The summed E-state index contributed by atoms with van der Waals surface area (Å²) in [5.74, 6) is -0.537. The molecule has 2 aromatic rings. The van der Waals surface area contributed by atoms with Crippen LogP contribution in [0.25, 0.3) is 0 Å². The summed E-state index contributed by atoms with van der Waals surface area (Å²) in [6.45, 7) is 9.37. The van der Waals surface area contributed by atoms with Gasteiger partial charge in [-0.25, -0.2) is 9.59 Å². The van der Waals surface area contributed by atoms with Gasteiger partial charge in [0, 0.05) is 57.5 Å². The second-order valence-electron chi connectivity index (χ2n) is 9.61. The highest BCUT2D eigenvalue weighted by Crippen LogP contribution is 2.32. The Morgan fingerprint density at radius 3 is 1.86 bits per heavy atom. The molecule has 0 spiro atoms. The number of piperazine rings is 1. The first-order valence-electron chi connectivity index (χ1n) is 12.1. The molecule has 2 atom stereocenters. The highest BCUT2D eigenvalue weighted by atomic mass is 16.5. The van der Waals surface area contributed by atoms with E-state index in [4.69, 9.17) is 14.2 Å². The lowest BCUT2D eigenvalue weighted by molar-refractivity contribution is 0.0296. The number of ether oxygens (including phenoxy) is 3. The maximum atomic E-state index is 11.9. The van der Waals surface area contributed by atoms with E-state index in [2.05, 4.69) is 9.80 Å². The summed E-state index contributed by atoms with van der Waals surface area (Å²) in [7, 11) is 1.73. The smallest absolute Gasteiger partial charge is 0.338 e. The van der Waals surface area contributed by atoms with Crippen LogP contribution in [-0.4, -0.2) is 73.2 Å². The summed E-state index contributed by atoms with van der Waals surface area (Å²) in [5.41, 5.74) is 7.09. The molecule has 0 aliphatic carbocycles. The van der Waals surface area contributed by atoms with E-state index in [-0.39, 0.29) is 24.6 Å². The van der Waals surface area contributed by atoms with E-state index in [0.29, 0.717) is 24.3 Å². The van der Waals surface area contributed by atoms with E-state index >= 15 is 0 Å². The van der Waals surface area contributed by atoms with Crippen molar-refractivity contribution in [3.05, 3.63) is 68.8 Å². The van der Waals surface area contributed by atoms with Crippen LogP contribution in [-0.2, 0) is 27.4 Å². The summed E-state index contributed by atoms with van der Waals surface area (Å²) in [6, 6.07) is 7.45. The van der Waals surface area contributed by atoms with E-state index in [9.17, 15) is 14.7 Å². The summed E-state index contributed by atoms with van der Waals surface area (Å²) in [5, 5.41) is 10.9. The maximum absolute atomic E-state index is 11.9. The minimum Gasteiger partial charge on any atom is -0.457 e. The number of nitrogens with zero attached hydrogens (tertiary/aromatic N) is 2. The Morgan fingerprint density at radius 1 is 0.829 bits per heavy atom. The number of hydrogen-bond donors (Lipinski definition) is 1. The number of cyclic esters (lactones) is 2. The first-order valence-corrected chi connectivity index (χ1v) is 12.1. The first-order chi connectivity index (χ1) is 16.9. The van der Waals surface area contributed by atoms with Crippen LogP contribution in [0.5, 0.6) is 0 Å². The van der Waals surface area contributed by atoms with E-state index in [0.717, 1.165) is 66.1 Å². The number of benzene rings is 2. The Kier molecular flexibility index (Phi) is 6.63. The Balaban J connectivity index is 1.18. The van der Waals surface area contributed by atoms with E-state index < -0.39 is 6.10 Å². The van der Waals surface area contributed by atoms with Crippen LogP contribution in [0.3, 0.4) is 0 Å². The van der Waals surface area contributed by atoms with Crippen LogP contribution < -0.4 is 0 Å². The van der Waals surface area contributed by atoms with E-state index in [1.165, 1.54) is 0 Å². The quantitative estimate of drug-likeness (QED) is 0.606. The fourth-order valence-corrected chi connectivity index (χ4v) is 5.48. The van der Waals surface area contributed by atoms with Gasteiger partial charge < -0.3 is 19.3 Å². The van der Waals surface area contributed by atoms with Crippen molar-refractivity contribution in [3.63, 3.8) is 0 Å². The normalized spacial score (nSPS) is 19.8. The zero-order valence-corrected chi connectivity index (χ0v) is 20.5. The Hall–Kier alpha value is -2.78. The van der Waals surface area contributed by atoms with Gasteiger partial charge >= 0.3 is 11.9 Å². The number of methoxy groups -OCH3 is 1. The van der Waals surface area contributed by atoms with Crippen LogP contribution in [0.1, 0.15) is 66.3 Å². The van der Waals surface area contributed by atoms with E-state index in [1.807, 2.05) is 32.0 Å². The molecule has 1 saturated heterocycles. The van der Waals surface area contributed by atoms with Crippen LogP contribution in [0.15, 0.2) is 24.3 Å². The molecule has 186 valence electrons. The number of aliphatic hydroxyl groups is 1. The summed E-state index contributed by atoms with van der Waals surface area (Å²) >= 11 is 0. The van der Waals surface area contributed by atoms with Gasteiger partial charge in [0.05, 0.1) is 23.3 Å². The minimum absolute atomic E-state index is 0.0906. The number of carbonyl (C=O) groups is 2. The third kappa shape index (κ3) is 4.47. The molecule has 5 rings (SSSR count). The number of fused-ring (bicyclic) bond motifs is 2. The zero-order chi connectivity index (χ0) is 24.7. The number of rotatable bonds is 7. The molecular weight excluding hydrogens is 448 g/mol. The van der Waals surface area contributed by atoms with Crippen molar-refractivity contribution >= 4 is 11.9 Å². The van der Waals surface area contributed by atoms with Crippen LogP contribution in [0.2, 0.25) is 0 Å². The van der Waals surface area contributed by atoms with Gasteiger partial charge in [-0.1, -0.05) is 12.1 Å². The molecular formula is C27H32N2O6. The molecule has 2 unspecified atom stereocenters. The van der Waals surface area contributed by atoms with Crippen molar-refractivity contribution in [2.24, 2.45) is 0 Å². The average Bonchev–Trinajstić information content (AvgIpc) is 3.43. The number of aliphatic hydroxyl groups excluding tert-OH is 1. The molecule has 8 heteroatoms. The number of esters is 2. The van der Waals surface area contributed by atoms with Crippen molar-refractivity contribution in [1.82, 2.24) is 9.80 Å². The van der Waals surface area contributed by atoms with Crippen molar-refractivity contribution in [1.29, 1.82) is 0 Å². The molecule has 8 nitrogen and oxygen atoms in total. The Labute approximate surface area is 205 Å². The Morgan fingerprint density at radius 2 is 1.31 bits per heavy atom. The van der Waals surface area contributed by atoms with Gasteiger partial charge in [-0.05, 0) is 48.2 Å². The van der Waals surface area contributed by atoms with Gasteiger partial charge in [-0.15, -0.1) is 0 Å². The number of carbonyl (C=O) groups excluding carboxylic acids is 2. The molecule has 3 aliphatic rings. The average molecular weight is 481 g/mol. The van der Waals surface area contributed by atoms with E-state index in [1.54, 1.807) is 13.2 Å². The molecule has 3 aliphatic heterocycles. The molecule has 2 aromatic carbocycles. The van der Waals surface area contributed by atoms with Gasteiger partial charge in [-0.3, -0.25) is 9.80 Å². The molecule has 0 radical (unpaired) electrons. The molecule has 1 fully saturated rings. The lowest BCUT2D eigenvalue weighted by Gasteiger charge is -2.37. The van der Waals surface area contributed by atoms with Gasteiger partial charge in [0.2, 0.25) is 0 Å². The SMILES string of the molecule is COC(CN1CCN(CC(O)c2ccc3c(c2C)COC3=O)CC1)c1ccc2c(c1C)COC2=O. The van der Waals surface area contributed by atoms with Crippen molar-refractivity contribution in [3.8, 4) is 0 Å². The Bertz CT molecular complexity index is 1150. The van der Waals surface area contributed by atoms with Crippen LogP contribution >= 0.6 is 0 Å². The fourth-order valence-electron chi connectivity index (χ4n) is 5.48. The zero-order valence-electron chi connectivity index (χ0n) is 20.5. The predicted molar refractivity (Wildman–Crippen MR) is 128 cm³/mol. The molecule has 0 aromatic heterocycles. The largest absolute Gasteiger partial charge is 0.457 e. The van der Waals surface area contributed by atoms with Gasteiger partial charge in [0.15, 0.2) is 0 Å².